The van der Waals surface area contributed by atoms with Gasteiger partial charge in [0, 0.05) is 41.0 Å². The summed E-state index contributed by atoms with van der Waals surface area (Å²) in [6.07, 6.45) is 2.15. The molecule has 8 nitrogen and oxygen atoms in total. The number of aryl methyl sites for hydroxylation is 3. The van der Waals surface area contributed by atoms with E-state index in [9.17, 15) is 0 Å². The number of benzene rings is 1. The molecule has 1 aliphatic rings. The van der Waals surface area contributed by atoms with Gasteiger partial charge in [0.2, 0.25) is 0 Å². The SMILES string of the molecule is Cc1nn(C)c(C)c1-c1cc(C2CCN(Cc3nc(C)c4cc(C#N)ccc4n3)CC2)[nH]n1. The number of nitrogens with one attached hydrogen (secondary N) is 1. The van der Waals surface area contributed by atoms with Crippen molar-refractivity contribution >= 4 is 10.9 Å². The fourth-order valence-electron chi connectivity index (χ4n) is 4.90. The van der Waals surface area contributed by atoms with Crippen LogP contribution in [0.1, 0.15) is 52.9 Å². The summed E-state index contributed by atoms with van der Waals surface area (Å²) in [5.74, 6) is 1.32. The van der Waals surface area contributed by atoms with E-state index < -0.39 is 0 Å². The summed E-state index contributed by atoms with van der Waals surface area (Å²) in [7, 11) is 1.97. The van der Waals surface area contributed by atoms with Crippen LogP contribution in [-0.4, -0.2) is 47.9 Å². The molecular weight excluding hydrogens is 412 g/mol. The number of H-pyrrole nitrogens is 1. The van der Waals surface area contributed by atoms with Gasteiger partial charge in [-0.05, 0) is 71.0 Å². The standard InChI is InChI=1S/C25H28N8/c1-15-20-11-18(13-26)5-6-21(20)28-24(27-15)14-33-9-7-19(8-10-33)22-12-23(30-29-22)25-16(2)31-32(4)17(25)3/h5-6,11-12,19H,7-10,14H2,1-4H3,(H,29,30). The summed E-state index contributed by atoms with van der Waals surface area (Å²) in [5, 5.41) is 22.5. The number of rotatable bonds is 4. The highest BCUT2D eigenvalue weighted by Gasteiger charge is 2.24. The molecule has 0 radical (unpaired) electrons. The van der Waals surface area contributed by atoms with E-state index in [1.165, 1.54) is 5.69 Å². The fraction of sp³-hybridized carbons (Fsp3) is 0.400. The number of aromatic amines is 1. The van der Waals surface area contributed by atoms with Gasteiger partial charge in [-0.2, -0.15) is 15.5 Å². The van der Waals surface area contributed by atoms with Crippen LogP contribution in [0.3, 0.4) is 0 Å². The quantitative estimate of drug-likeness (QED) is 0.516. The van der Waals surface area contributed by atoms with Crippen molar-refractivity contribution in [2.24, 2.45) is 7.05 Å². The molecule has 0 amide bonds. The van der Waals surface area contributed by atoms with Crippen molar-refractivity contribution < 1.29 is 0 Å². The third-order valence-corrected chi connectivity index (χ3v) is 6.82. The van der Waals surface area contributed by atoms with Crippen LogP contribution in [-0.2, 0) is 13.6 Å². The Morgan fingerprint density at radius 2 is 1.88 bits per heavy atom. The van der Waals surface area contributed by atoms with Gasteiger partial charge >= 0.3 is 0 Å². The first-order valence-electron chi connectivity index (χ1n) is 11.4. The number of nitrogens with zero attached hydrogens (tertiary/aromatic N) is 7. The monoisotopic (exact) mass is 440 g/mol. The van der Waals surface area contributed by atoms with Crippen molar-refractivity contribution in [1.29, 1.82) is 5.26 Å². The molecule has 0 saturated carbocycles. The average Bonchev–Trinajstić information content (AvgIpc) is 3.38. The van der Waals surface area contributed by atoms with Gasteiger partial charge < -0.3 is 0 Å². The van der Waals surface area contributed by atoms with E-state index in [0.29, 0.717) is 11.5 Å². The minimum Gasteiger partial charge on any atom is -0.296 e. The van der Waals surface area contributed by atoms with E-state index >= 15 is 0 Å². The summed E-state index contributed by atoms with van der Waals surface area (Å²) in [4.78, 5) is 11.9. The second-order valence-electron chi connectivity index (χ2n) is 9.00. The number of hydrogen-bond donors (Lipinski definition) is 1. The second-order valence-corrected chi connectivity index (χ2v) is 9.00. The van der Waals surface area contributed by atoms with Crippen molar-refractivity contribution in [3.8, 4) is 17.3 Å². The Hall–Kier alpha value is -3.57. The lowest BCUT2D eigenvalue weighted by Gasteiger charge is -2.30. The van der Waals surface area contributed by atoms with Crippen molar-refractivity contribution in [2.45, 2.75) is 46.1 Å². The van der Waals surface area contributed by atoms with Gasteiger partial charge in [0.25, 0.3) is 0 Å². The molecule has 4 heterocycles. The Morgan fingerprint density at radius 1 is 1.09 bits per heavy atom. The van der Waals surface area contributed by atoms with Crippen molar-refractivity contribution in [1.82, 2.24) is 34.8 Å². The molecule has 8 heteroatoms. The molecular formula is C25H28N8. The molecule has 5 rings (SSSR count). The van der Waals surface area contributed by atoms with Crippen LogP contribution in [0.5, 0.6) is 0 Å². The maximum Gasteiger partial charge on any atom is 0.143 e. The predicted octanol–water partition coefficient (Wildman–Crippen LogP) is 3.93. The number of likely N-dealkylation sites (tertiary alicyclic amines) is 1. The van der Waals surface area contributed by atoms with E-state index in [1.54, 1.807) is 0 Å². The Labute approximate surface area is 193 Å². The smallest absolute Gasteiger partial charge is 0.143 e. The lowest BCUT2D eigenvalue weighted by atomic mass is 9.93. The normalized spacial score (nSPS) is 15.2. The molecule has 3 aromatic heterocycles. The highest BCUT2D eigenvalue weighted by molar-refractivity contribution is 5.82. The van der Waals surface area contributed by atoms with Gasteiger partial charge in [-0.3, -0.25) is 14.7 Å². The van der Waals surface area contributed by atoms with E-state index in [1.807, 2.05) is 43.8 Å². The Kier molecular flexibility index (Phi) is 5.43. The maximum atomic E-state index is 9.14. The minimum atomic E-state index is 0.475. The first-order valence-corrected chi connectivity index (χ1v) is 11.4. The molecule has 1 N–H and O–H groups in total. The first kappa shape index (κ1) is 21.3. The van der Waals surface area contributed by atoms with Crippen molar-refractivity contribution in [3.63, 3.8) is 0 Å². The van der Waals surface area contributed by atoms with Crippen LogP contribution in [0.2, 0.25) is 0 Å². The van der Waals surface area contributed by atoms with Crippen LogP contribution < -0.4 is 0 Å². The lowest BCUT2D eigenvalue weighted by molar-refractivity contribution is 0.199. The van der Waals surface area contributed by atoms with E-state index in [0.717, 1.165) is 77.5 Å². The number of hydrogen-bond acceptors (Lipinski definition) is 6. The van der Waals surface area contributed by atoms with Gasteiger partial charge in [0.05, 0.1) is 35.1 Å². The van der Waals surface area contributed by atoms with Crippen LogP contribution in [0.4, 0.5) is 0 Å². The molecule has 4 aromatic rings. The third-order valence-electron chi connectivity index (χ3n) is 6.82. The summed E-state index contributed by atoms with van der Waals surface area (Å²) in [5.41, 5.74) is 7.93. The first-order chi connectivity index (χ1) is 15.9. The van der Waals surface area contributed by atoms with Gasteiger partial charge in [-0.1, -0.05) is 0 Å². The summed E-state index contributed by atoms with van der Waals surface area (Å²) >= 11 is 0. The Balaban J connectivity index is 1.26. The minimum absolute atomic E-state index is 0.475. The maximum absolute atomic E-state index is 9.14. The van der Waals surface area contributed by atoms with Gasteiger partial charge in [0.15, 0.2) is 0 Å². The van der Waals surface area contributed by atoms with Crippen molar-refractivity contribution in [3.05, 3.63) is 58.4 Å². The van der Waals surface area contributed by atoms with Gasteiger partial charge in [0.1, 0.15) is 5.82 Å². The van der Waals surface area contributed by atoms with Crippen molar-refractivity contribution in [2.75, 3.05) is 13.1 Å². The van der Waals surface area contributed by atoms with Crippen LogP contribution >= 0.6 is 0 Å². The lowest BCUT2D eigenvalue weighted by Crippen LogP contribution is -2.33. The van der Waals surface area contributed by atoms with Crippen LogP contribution in [0.25, 0.3) is 22.2 Å². The predicted molar refractivity (Wildman–Crippen MR) is 127 cm³/mol. The highest BCUT2D eigenvalue weighted by atomic mass is 15.3. The zero-order valence-electron chi connectivity index (χ0n) is 19.6. The topological polar surface area (TPSA) is 99.3 Å². The van der Waals surface area contributed by atoms with E-state index in [4.69, 9.17) is 15.2 Å². The number of aromatic nitrogens is 6. The Morgan fingerprint density at radius 3 is 2.58 bits per heavy atom. The average molecular weight is 441 g/mol. The van der Waals surface area contributed by atoms with E-state index in [2.05, 4.69) is 39.3 Å². The zero-order chi connectivity index (χ0) is 23.1. The molecule has 168 valence electrons. The summed E-state index contributed by atoms with van der Waals surface area (Å²) < 4.78 is 1.91. The number of piperidine rings is 1. The molecule has 1 saturated heterocycles. The second kappa shape index (κ2) is 8.41. The summed E-state index contributed by atoms with van der Waals surface area (Å²) in [6, 6.07) is 9.98. The molecule has 0 unspecified atom stereocenters. The highest BCUT2D eigenvalue weighted by Crippen LogP contribution is 2.31. The number of nitriles is 1. The molecule has 1 fully saturated rings. The Bertz CT molecular complexity index is 1370. The van der Waals surface area contributed by atoms with Gasteiger partial charge in [-0.25, -0.2) is 9.97 Å². The molecule has 33 heavy (non-hydrogen) atoms. The summed E-state index contributed by atoms with van der Waals surface area (Å²) in [6.45, 7) is 8.85. The number of fused-ring (bicyclic) bond motifs is 1. The molecule has 1 aromatic carbocycles. The molecule has 0 spiro atoms. The zero-order valence-corrected chi connectivity index (χ0v) is 19.6. The van der Waals surface area contributed by atoms with Gasteiger partial charge in [-0.15, -0.1) is 0 Å². The molecule has 0 bridgehead atoms. The molecule has 1 aliphatic heterocycles. The molecule has 0 atom stereocenters. The molecule has 0 aliphatic carbocycles. The fourth-order valence-corrected chi connectivity index (χ4v) is 4.90. The van der Waals surface area contributed by atoms with Crippen LogP contribution in [0.15, 0.2) is 24.3 Å². The van der Waals surface area contributed by atoms with E-state index in [-0.39, 0.29) is 0 Å². The van der Waals surface area contributed by atoms with Crippen LogP contribution in [0, 0.1) is 32.1 Å². The third kappa shape index (κ3) is 4.00. The largest absolute Gasteiger partial charge is 0.296 e.